The minimum atomic E-state index is 0.701. The van der Waals surface area contributed by atoms with Gasteiger partial charge in [-0.15, -0.1) is 0 Å². The Hall–Kier alpha value is -1.51. The van der Waals surface area contributed by atoms with E-state index in [4.69, 9.17) is 0 Å². The molecular weight excluding hydrogens is 174 g/mol. The van der Waals surface area contributed by atoms with Gasteiger partial charge in [0, 0.05) is 11.4 Å². The van der Waals surface area contributed by atoms with Crippen LogP contribution >= 0.6 is 0 Å². The van der Waals surface area contributed by atoms with Crippen LogP contribution in [0.5, 0.6) is 0 Å². The summed E-state index contributed by atoms with van der Waals surface area (Å²) in [5, 5.41) is 6.40. The Kier molecular flexibility index (Phi) is 3.98. The van der Waals surface area contributed by atoms with E-state index in [0.717, 1.165) is 17.2 Å². The molecule has 0 aliphatic rings. The van der Waals surface area contributed by atoms with Crippen molar-refractivity contribution in [2.24, 2.45) is 0 Å². The summed E-state index contributed by atoms with van der Waals surface area (Å²) in [4.78, 5) is 4.33. The van der Waals surface area contributed by atoms with E-state index in [1.165, 1.54) is 0 Å². The lowest BCUT2D eigenvalue weighted by Crippen LogP contribution is -2.20. The normalized spacial score (nSPS) is 11.2. The minimum absolute atomic E-state index is 0.701. The predicted molar refractivity (Wildman–Crippen MR) is 60.0 cm³/mol. The first-order valence-electron chi connectivity index (χ1n) is 4.76. The van der Waals surface area contributed by atoms with Crippen molar-refractivity contribution in [2.75, 3.05) is 12.0 Å². The number of nitrogens with one attached hydrogen (secondary N) is 2. The lowest BCUT2D eigenvalue weighted by molar-refractivity contribution is 0.855. The fourth-order valence-electron chi connectivity index (χ4n) is 1.02. The lowest BCUT2D eigenvalue weighted by Gasteiger charge is -2.08. The van der Waals surface area contributed by atoms with E-state index in [9.17, 15) is 0 Å². The molecule has 1 rings (SSSR count). The van der Waals surface area contributed by atoms with Gasteiger partial charge in [-0.05, 0) is 32.9 Å². The van der Waals surface area contributed by atoms with Crippen molar-refractivity contribution in [2.45, 2.75) is 20.8 Å². The molecule has 0 spiro atoms. The molecule has 0 aromatic carbocycles. The van der Waals surface area contributed by atoms with Gasteiger partial charge in [-0.25, -0.2) is 4.98 Å². The fraction of sp³-hybridized carbons (Fsp3) is 0.364. The SMILES string of the molecule is C/C=C(\C)NCNc1cccc(C)n1. The van der Waals surface area contributed by atoms with Gasteiger partial charge in [-0.1, -0.05) is 12.1 Å². The van der Waals surface area contributed by atoms with Gasteiger partial charge in [-0.2, -0.15) is 0 Å². The van der Waals surface area contributed by atoms with Crippen LogP contribution < -0.4 is 10.6 Å². The fourth-order valence-corrected chi connectivity index (χ4v) is 1.02. The molecule has 1 aromatic rings. The van der Waals surface area contributed by atoms with E-state index in [2.05, 4.69) is 15.6 Å². The molecule has 0 aliphatic carbocycles. The Bertz CT molecular complexity index is 318. The van der Waals surface area contributed by atoms with Gasteiger partial charge in [0.1, 0.15) is 5.82 Å². The highest BCUT2D eigenvalue weighted by atomic mass is 15.1. The summed E-state index contributed by atoms with van der Waals surface area (Å²) < 4.78 is 0. The summed E-state index contributed by atoms with van der Waals surface area (Å²) in [5.41, 5.74) is 2.18. The molecule has 1 aromatic heterocycles. The van der Waals surface area contributed by atoms with Gasteiger partial charge in [0.25, 0.3) is 0 Å². The van der Waals surface area contributed by atoms with E-state index in [0.29, 0.717) is 6.67 Å². The van der Waals surface area contributed by atoms with E-state index < -0.39 is 0 Å². The van der Waals surface area contributed by atoms with Crippen molar-refractivity contribution in [1.29, 1.82) is 0 Å². The van der Waals surface area contributed by atoms with Crippen LogP contribution in [0.25, 0.3) is 0 Å². The number of allylic oxidation sites excluding steroid dienone is 2. The third kappa shape index (κ3) is 3.47. The van der Waals surface area contributed by atoms with Gasteiger partial charge >= 0.3 is 0 Å². The van der Waals surface area contributed by atoms with E-state index in [1.807, 2.05) is 45.0 Å². The summed E-state index contributed by atoms with van der Waals surface area (Å²) >= 11 is 0. The van der Waals surface area contributed by atoms with Crippen LogP contribution in [-0.4, -0.2) is 11.7 Å². The van der Waals surface area contributed by atoms with Crippen molar-refractivity contribution < 1.29 is 0 Å². The summed E-state index contributed by atoms with van der Waals surface area (Å²) in [6, 6.07) is 5.93. The van der Waals surface area contributed by atoms with Crippen molar-refractivity contribution >= 4 is 5.82 Å². The summed E-state index contributed by atoms with van der Waals surface area (Å²) in [5.74, 6) is 0.904. The standard InChI is InChI=1S/C11H17N3/c1-4-9(2)12-8-13-11-7-5-6-10(3)14-11/h4-7,12H,8H2,1-3H3,(H,13,14)/b9-4+. The number of aromatic nitrogens is 1. The highest BCUT2D eigenvalue weighted by molar-refractivity contribution is 5.34. The third-order valence-electron chi connectivity index (χ3n) is 1.96. The number of pyridine rings is 1. The monoisotopic (exact) mass is 191 g/mol. The van der Waals surface area contributed by atoms with Gasteiger partial charge in [0.2, 0.25) is 0 Å². The van der Waals surface area contributed by atoms with Crippen LogP contribution in [0.1, 0.15) is 19.5 Å². The van der Waals surface area contributed by atoms with Gasteiger partial charge in [0.15, 0.2) is 0 Å². The Morgan fingerprint density at radius 1 is 1.50 bits per heavy atom. The quantitative estimate of drug-likeness (QED) is 0.717. The van der Waals surface area contributed by atoms with E-state index in [-0.39, 0.29) is 0 Å². The highest BCUT2D eigenvalue weighted by Crippen LogP contribution is 2.02. The number of nitrogens with zero attached hydrogens (tertiary/aromatic N) is 1. The summed E-state index contributed by atoms with van der Waals surface area (Å²) in [6.45, 7) is 6.72. The number of rotatable bonds is 4. The number of anilines is 1. The second kappa shape index (κ2) is 5.27. The second-order valence-corrected chi connectivity index (χ2v) is 3.17. The van der Waals surface area contributed by atoms with Crippen LogP contribution in [0.3, 0.4) is 0 Å². The molecule has 14 heavy (non-hydrogen) atoms. The molecule has 0 amide bonds. The average Bonchev–Trinajstić information content (AvgIpc) is 2.17. The van der Waals surface area contributed by atoms with E-state index in [1.54, 1.807) is 0 Å². The highest BCUT2D eigenvalue weighted by Gasteiger charge is 1.92. The van der Waals surface area contributed by atoms with Crippen LogP contribution in [-0.2, 0) is 0 Å². The maximum absolute atomic E-state index is 4.33. The maximum atomic E-state index is 4.33. The van der Waals surface area contributed by atoms with Crippen LogP contribution in [0.4, 0.5) is 5.82 Å². The Morgan fingerprint density at radius 2 is 2.29 bits per heavy atom. The van der Waals surface area contributed by atoms with Gasteiger partial charge < -0.3 is 10.6 Å². The van der Waals surface area contributed by atoms with Crippen molar-refractivity contribution in [3.05, 3.63) is 35.7 Å². The molecule has 0 fully saturated rings. The largest absolute Gasteiger partial charge is 0.372 e. The Labute approximate surface area is 85.3 Å². The van der Waals surface area contributed by atoms with Crippen LogP contribution in [0, 0.1) is 6.92 Å². The molecular formula is C11H17N3. The molecule has 0 radical (unpaired) electrons. The topological polar surface area (TPSA) is 37.0 Å². The molecule has 1 heterocycles. The minimum Gasteiger partial charge on any atom is -0.372 e. The number of aryl methyl sites for hydroxylation is 1. The van der Waals surface area contributed by atoms with Gasteiger partial charge in [0.05, 0.1) is 6.67 Å². The van der Waals surface area contributed by atoms with Crippen LogP contribution in [0.15, 0.2) is 30.0 Å². The smallest absolute Gasteiger partial charge is 0.127 e. The van der Waals surface area contributed by atoms with Crippen molar-refractivity contribution in [3.63, 3.8) is 0 Å². The molecule has 2 N–H and O–H groups in total. The molecule has 0 aliphatic heterocycles. The number of hydrogen-bond donors (Lipinski definition) is 2. The zero-order valence-electron chi connectivity index (χ0n) is 8.96. The first-order valence-corrected chi connectivity index (χ1v) is 4.76. The molecule has 0 unspecified atom stereocenters. The Balaban J connectivity index is 2.39. The number of hydrogen-bond acceptors (Lipinski definition) is 3. The predicted octanol–water partition coefficient (Wildman–Crippen LogP) is 2.27. The lowest BCUT2D eigenvalue weighted by atomic mass is 10.4. The third-order valence-corrected chi connectivity index (χ3v) is 1.96. The zero-order chi connectivity index (χ0) is 10.4. The maximum Gasteiger partial charge on any atom is 0.127 e. The molecule has 3 heteroatoms. The Morgan fingerprint density at radius 3 is 2.93 bits per heavy atom. The zero-order valence-corrected chi connectivity index (χ0v) is 8.96. The first-order chi connectivity index (χ1) is 6.72. The molecule has 0 atom stereocenters. The molecule has 3 nitrogen and oxygen atoms in total. The summed E-state index contributed by atoms with van der Waals surface area (Å²) in [6.07, 6.45) is 2.03. The van der Waals surface area contributed by atoms with Gasteiger partial charge in [-0.3, -0.25) is 0 Å². The average molecular weight is 191 g/mol. The first kappa shape index (κ1) is 10.6. The summed E-state index contributed by atoms with van der Waals surface area (Å²) in [7, 11) is 0. The molecule has 0 saturated heterocycles. The molecule has 0 bridgehead atoms. The molecule has 76 valence electrons. The molecule has 0 saturated carbocycles. The van der Waals surface area contributed by atoms with Crippen LogP contribution in [0.2, 0.25) is 0 Å². The van der Waals surface area contributed by atoms with Crippen molar-refractivity contribution in [3.8, 4) is 0 Å². The van der Waals surface area contributed by atoms with Crippen molar-refractivity contribution in [1.82, 2.24) is 10.3 Å². The van der Waals surface area contributed by atoms with E-state index >= 15 is 0 Å². The second-order valence-electron chi connectivity index (χ2n) is 3.17.